The number of fused-ring (bicyclic) bond motifs is 1. The lowest BCUT2D eigenvalue weighted by Gasteiger charge is -2.13. The molecule has 1 aliphatic rings. The smallest absolute Gasteiger partial charge is 0.416 e. The first kappa shape index (κ1) is 20.1. The molecule has 156 valence electrons. The van der Waals surface area contributed by atoms with E-state index >= 15 is 0 Å². The summed E-state index contributed by atoms with van der Waals surface area (Å²) in [5, 5.41) is 0.554. The standard InChI is InChI=1S/C22H19F3N2O3/c23-22(24,25)15-7-5-14(6-8-15)13-30-20(28)12-11-19-26-18-4-2-1-3-17(18)21(29)27(19)16-9-10-16/h1-8,16H,9-13H2. The Kier molecular flexibility index (Phi) is 5.32. The second kappa shape index (κ2) is 7.93. The van der Waals surface area contributed by atoms with Crippen LogP contribution in [0, 0.1) is 0 Å². The first-order chi connectivity index (χ1) is 14.3. The number of alkyl halides is 3. The maximum atomic E-state index is 12.8. The van der Waals surface area contributed by atoms with Crippen molar-refractivity contribution in [3.05, 3.63) is 75.8 Å². The van der Waals surface area contributed by atoms with Crippen LogP contribution >= 0.6 is 0 Å². The summed E-state index contributed by atoms with van der Waals surface area (Å²) in [7, 11) is 0. The molecule has 1 saturated carbocycles. The Morgan fingerprint density at radius 1 is 1.10 bits per heavy atom. The van der Waals surface area contributed by atoms with E-state index in [9.17, 15) is 22.8 Å². The average molecular weight is 416 g/mol. The topological polar surface area (TPSA) is 61.2 Å². The SMILES string of the molecule is O=C(CCc1nc2ccccc2c(=O)n1C1CC1)OCc1ccc(C(F)(F)F)cc1. The summed E-state index contributed by atoms with van der Waals surface area (Å²) in [6, 6.07) is 11.7. The highest BCUT2D eigenvalue weighted by atomic mass is 19.4. The van der Waals surface area contributed by atoms with E-state index in [1.165, 1.54) is 12.1 Å². The number of rotatable bonds is 6. The summed E-state index contributed by atoms with van der Waals surface area (Å²) >= 11 is 0. The molecule has 0 N–H and O–H groups in total. The van der Waals surface area contributed by atoms with Crippen LogP contribution in [0.2, 0.25) is 0 Å². The van der Waals surface area contributed by atoms with Gasteiger partial charge in [0, 0.05) is 12.5 Å². The van der Waals surface area contributed by atoms with Gasteiger partial charge in [0.1, 0.15) is 12.4 Å². The molecule has 3 aromatic rings. The number of ether oxygens (including phenoxy) is 1. The zero-order valence-electron chi connectivity index (χ0n) is 16.0. The number of hydrogen-bond acceptors (Lipinski definition) is 4. The number of aromatic nitrogens is 2. The van der Waals surface area contributed by atoms with Crippen molar-refractivity contribution in [2.45, 2.75) is 44.5 Å². The van der Waals surface area contributed by atoms with Crippen molar-refractivity contribution < 1.29 is 22.7 Å². The molecule has 2 aromatic carbocycles. The third-order valence-electron chi connectivity index (χ3n) is 5.03. The third kappa shape index (κ3) is 4.37. The predicted octanol–water partition coefficient (Wildman–Crippen LogP) is 4.43. The molecule has 1 heterocycles. The number of esters is 1. The minimum Gasteiger partial charge on any atom is -0.461 e. The molecule has 5 nitrogen and oxygen atoms in total. The summed E-state index contributed by atoms with van der Waals surface area (Å²) in [5.41, 5.74) is 0.205. The molecule has 1 fully saturated rings. The monoisotopic (exact) mass is 416 g/mol. The molecular weight excluding hydrogens is 397 g/mol. The number of aryl methyl sites for hydroxylation is 1. The van der Waals surface area contributed by atoms with Crippen LogP contribution in [0.15, 0.2) is 53.3 Å². The van der Waals surface area contributed by atoms with Gasteiger partial charge >= 0.3 is 12.1 Å². The molecule has 4 rings (SSSR count). The number of benzene rings is 2. The molecule has 0 radical (unpaired) electrons. The van der Waals surface area contributed by atoms with E-state index in [1.54, 1.807) is 28.8 Å². The lowest BCUT2D eigenvalue weighted by atomic mass is 10.1. The van der Waals surface area contributed by atoms with Gasteiger partial charge in [0.2, 0.25) is 0 Å². The highest BCUT2D eigenvalue weighted by molar-refractivity contribution is 5.77. The molecule has 1 aromatic heterocycles. The number of carbonyl (C=O) groups is 1. The fraction of sp³-hybridized carbons (Fsp3) is 0.318. The maximum absolute atomic E-state index is 12.8. The molecule has 0 atom stereocenters. The van der Waals surface area contributed by atoms with E-state index in [0.29, 0.717) is 22.3 Å². The van der Waals surface area contributed by atoms with Crippen LogP contribution in [0.3, 0.4) is 0 Å². The number of halogens is 3. The van der Waals surface area contributed by atoms with Gasteiger partial charge in [-0.1, -0.05) is 24.3 Å². The largest absolute Gasteiger partial charge is 0.461 e. The van der Waals surface area contributed by atoms with Crippen LogP contribution in [0.5, 0.6) is 0 Å². The summed E-state index contributed by atoms with van der Waals surface area (Å²) in [5.74, 6) is 0.0485. The van der Waals surface area contributed by atoms with Crippen molar-refractivity contribution in [3.8, 4) is 0 Å². The minimum absolute atomic E-state index is 0.0259. The fourth-order valence-corrected chi connectivity index (χ4v) is 3.32. The van der Waals surface area contributed by atoms with Gasteiger partial charge < -0.3 is 4.74 Å². The summed E-state index contributed by atoms with van der Waals surface area (Å²) in [4.78, 5) is 29.5. The van der Waals surface area contributed by atoms with Crippen molar-refractivity contribution in [3.63, 3.8) is 0 Å². The Labute approximate surface area is 170 Å². The number of para-hydroxylation sites is 1. The summed E-state index contributed by atoms with van der Waals surface area (Å²) in [6.07, 6.45) is -2.31. The summed E-state index contributed by atoms with van der Waals surface area (Å²) < 4.78 is 44.6. The van der Waals surface area contributed by atoms with Crippen molar-refractivity contribution >= 4 is 16.9 Å². The third-order valence-corrected chi connectivity index (χ3v) is 5.03. The first-order valence-corrected chi connectivity index (χ1v) is 9.65. The lowest BCUT2D eigenvalue weighted by Crippen LogP contribution is -2.25. The zero-order valence-corrected chi connectivity index (χ0v) is 16.0. The summed E-state index contributed by atoms with van der Waals surface area (Å²) in [6.45, 7) is -0.114. The Balaban J connectivity index is 1.41. The molecule has 0 aliphatic heterocycles. The Hall–Kier alpha value is -3.16. The number of carbonyl (C=O) groups excluding carboxylic acids is 1. The lowest BCUT2D eigenvalue weighted by molar-refractivity contribution is -0.145. The Morgan fingerprint density at radius 2 is 1.80 bits per heavy atom. The molecular formula is C22H19F3N2O3. The van der Waals surface area contributed by atoms with Gasteiger partial charge in [0.25, 0.3) is 5.56 Å². The number of nitrogens with zero attached hydrogens (tertiary/aromatic N) is 2. The van der Waals surface area contributed by atoms with Gasteiger partial charge in [-0.05, 0) is 42.7 Å². The zero-order chi connectivity index (χ0) is 21.3. The predicted molar refractivity (Wildman–Crippen MR) is 104 cm³/mol. The number of hydrogen-bond donors (Lipinski definition) is 0. The van der Waals surface area contributed by atoms with Gasteiger partial charge in [-0.3, -0.25) is 14.2 Å². The molecule has 0 spiro atoms. The van der Waals surface area contributed by atoms with Crippen molar-refractivity contribution in [2.24, 2.45) is 0 Å². The van der Waals surface area contributed by atoms with Gasteiger partial charge in [0.15, 0.2) is 0 Å². The molecule has 0 unspecified atom stereocenters. The minimum atomic E-state index is -4.40. The molecule has 1 aliphatic carbocycles. The van der Waals surface area contributed by atoms with E-state index in [0.717, 1.165) is 25.0 Å². The Morgan fingerprint density at radius 3 is 2.47 bits per heavy atom. The molecule has 0 saturated heterocycles. The molecule has 8 heteroatoms. The van der Waals surface area contributed by atoms with Gasteiger partial charge in [-0.2, -0.15) is 13.2 Å². The second-order valence-corrected chi connectivity index (χ2v) is 7.31. The van der Waals surface area contributed by atoms with Crippen LogP contribution < -0.4 is 5.56 Å². The van der Waals surface area contributed by atoms with E-state index in [-0.39, 0.29) is 31.0 Å². The van der Waals surface area contributed by atoms with Crippen molar-refractivity contribution in [2.75, 3.05) is 0 Å². The van der Waals surface area contributed by atoms with Crippen LogP contribution in [-0.4, -0.2) is 15.5 Å². The highest BCUT2D eigenvalue weighted by Crippen LogP contribution is 2.35. The second-order valence-electron chi connectivity index (χ2n) is 7.31. The van der Waals surface area contributed by atoms with Gasteiger partial charge in [0.05, 0.1) is 22.9 Å². The highest BCUT2D eigenvalue weighted by Gasteiger charge is 2.30. The van der Waals surface area contributed by atoms with Gasteiger partial charge in [-0.15, -0.1) is 0 Å². The van der Waals surface area contributed by atoms with Crippen molar-refractivity contribution in [1.29, 1.82) is 0 Å². The van der Waals surface area contributed by atoms with Crippen LogP contribution in [0.1, 0.15) is 42.3 Å². The van der Waals surface area contributed by atoms with E-state index in [1.807, 2.05) is 0 Å². The maximum Gasteiger partial charge on any atom is 0.416 e. The molecule has 0 bridgehead atoms. The van der Waals surface area contributed by atoms with Crippen LogP contribution in [0.25, 0.3) is 10.9 Å². The fourth-order valence-electron chi connectivity index (χ4n) is 3.32. The quantitative estimate of drug-likeness (QED) is 0.558. The van der Waals surface area contributed by atoms with E-state index in [4.69, 9.17) is 4.74 Å². The normalized spacial score (nSPS) is 14.1. The van der Waals surface area contributed by atoms with Crippen LogP contribution in [-0.2, 0) is 28.7 Å². The first-order valence-electron chi connectivity index (χ1n) is 9.65. The van der Waals surface area contributed by atoms with Gasteiger partial charge in [-0.25, -0.2) is 4.98 Å². The molecule has 30 heavy (non-hydrogen) atoms. The molecule has 0 amide bonds. The Bertz CT molecular complexity index is 1130. The van der Waals surface area contributed by atoms with E-state index in [2.05, 4.69) is 4.98 Å². The van der Waals surface area contributed by atoms with E-state index < -0.39 is 17.7 Å². The average Bonchev–Trinajstić information content (AvgIpc) is 3.55. The van der Waals surface area contributed by atoms with Crippen LogP contribution in [0.4, 0.5) is 13.2 Å². The van der Waals surface area contributed by atoms with Crippen molar-refractivity contribution in [1.82, 2.24) is 9.55 Å².